The molecular weight excluding hydrogens is 597 g/mol. The van der Waals surface area contributed by atoms with Gasteiger partial charge in [-0.25, -0.2) is 18.2 Å². The molecule has 1 spiro atoms. The van der Waals surface area contributed by atoms with Crippen molar-refractivity contribution in [2.75, 3.05) is 13.7 Å². The lowest BCUT2D eigenvalue weighted by atomic mass is 9.85. The highest BCUT2D eigenvalue weighted by molar-refractivity contribution is 5.99. The number of hydroxylamine groups is 2. The van der Waals surface area contributed by atoms with E-state index in [1.54, 1.807) is 31.4 Å². The van der Waals surface area contributed by atoms with Crippen molar-refractivity contribution in [3.8, 4) is 11.5 Å². The molecule has 3 atom stereocenters. The van der Waals surface area contributed by atoms with Gasteiger partial charge in [-0.05, 0) is 37.5 Å². The summed E-state index contributed by atoms with van der Waals surface area (Å²) in [4.78, 5) is 61.1. The lowest BCUT2D eigenvalue weighted by molar-refractivity contribution is -0.218. The number of carbonyl (C=O) groups is 3. The second kappa shape index (κ2) is 11.3. The van der Waals surface area contributed by atoms with Crippen LogP contribution in [-0.2, 0) is 22.7 Å². The number of benzene rings is 2. The standard InChI is InChI=1S/C31H29F3N4O7/c1-16-7-8-31(11-25(39)38(45-31)13-17-3-5-19(44-2)6-4-17)24-15-36(16)30(43)26-28(41)27(40)21(14-37(24)26)29(42)35-12-20-22(33)9-18(32)10-23(20)34/h3-6,9-10,14,16,24,41H,7-8,11-13,15H2,1-2H3,(H,35,42)/t16-,24+,31-/m0/s1. The lowest BCUT2D eigenvalue weighted by Crippen LogP contribution is -2.52. The minimum Gasteiger partial charge on any atom is -0.503 e. The number of aromatic hydroxyl groups is 1. The van der Waals surface area contributed by atoms with Crippen molar-refractivity contribution in [1.82, 2.24) is 19.8 Å². The molecular formula is C31H29F3N4O7. The smallest absolute Gasteiger partial charge is 0.274 e. The van der Waals surface area contributed by atoms with Gasteiger partial charge in [-0.3, -0.25) is 24.0 Å². The normalized spacial score (nSPS) is 22.4. The predicted octanol–water partition coefficient (Wildman–Crippen LogP) is 3.19. The summed E-state index contributed by atoms with van der Waals surface area (Å²) in [6.07, 6.45) is 1.82. The Labute approximate surface area is 254 Å². The van der Waals surface area contributed by atoms with Gasteiger partial charge in [-0.2, -0.15) is 0 Å². The fraction of sp³-hybridized carbons (Fsp3) is 0.355. The number of nitrogens with zero attached hydrogens (tertiary/aromatic N) is 3. The molecule has 236 valence electrons. The molecule has 0 unspecified atom stereocenters. The molecule has 3 aliphatic rings. The number of amides is 3. The highest BCUT2D eigenvalue weighted by Gasteiger charge is 2.56. The molecule has 2 N–H and O–H groups in total. The Morgan fingerprint density at radius 2 is 1.82 bits per heavy atom. The van der Waals surface area contributed by atoms with Crippen molar-refractivity contribution in [2.45, 2.75) is 57.0 Å². The number of methoxy groups -OCH3 is 1. The minimum atomic E-state index is -1.24. The van der Waals surface area contributed by atoms with Crippen molar-refractivity contribution in [3.63, 3.8) is 0 Å². The van der Waals surface area contributed by atoms with Crippen LogP contribution in [0, 0.1) is 17.5 Å². The zero-order valence-corrected chi connectivity index (χ0v) is 24.3. The lowest BCUT2D eigenvalue weighted by Gasteiger charge is -2.42. The van der Waals surface area contributed by atoms with Gasteiger partial charge in [0.1, 0.15) is 34.4 Å². The summed E-state index contributed by atoms with van der Waals surface area (Å²) in [6, 6.07) is 6.88. The van der Waals surface area contributed by atoms with E-state index in [0.717, 1.165) is 11.8 Å². The van der Waals surface area contributed by atoms with Crippen LogP contribution in [0.5, 0.6) is 11.5 Å². The third-order valence-electron chi connectivity index (χ3n) is 8.79. The summed E-state index contributed by atoms with van der Waals surface area (Å²) in [6.45, 7) is 1.28. The van der Waals surface area contributed by atoms with Crippen LogP contribution in [0.2, 0.25) is 0 Å². The molecule has 3 amide bonds. The molecule has 0 radical (unpaired) electrons. The van der Waals surface area contributed by atoms with Gasteiger partial charge in [-0.1, -0.05) is 12.1 Å². The molecule has 3 aliphatic heterocycles. The van der Waals surface area contributed by atoms with Crippen LogP contribution in [0.4, 0.5) is 13.2 Å². The Bertz CT molecular complexity index is 1760. The number of aromatic nitrogens is 1. The third kappa shape index (κ3) is 5.18. The zero-order chi connectivity index (χ0) is 32.2. The molecule has 6 rings (SSSR count). The van der Waals surface area contributed by atoms with E-state index >= 15 is 0 Å². The Morgan fingerprint density at radius 3 is 2.49 bits per heavy atom. The van der Waals surface area contributed by atoms with Crippen molar-refractivity contribution in [3.05, 3.63) is 92.7 Å². The number of ether oxygens (including phenoxy) is 1. The Hall–Kier alpha value is -4.85. The van der Waals surface area contributed by atoms with Crippen LogP contribution in [0.3, 0.4) is 0 Å². The molecule has 11 nitrogen and oxygen atoms in total. The number of hydrogen-bond acceptors (Lipinski definition) is 7. The number of fused-ring (bicyclic) bond motifs is 5. The average Bonchev–Trinajstić information content (AvgIpc) is 3.26. The summed E-state index contributed by atoms with van der Waals surface area (Å²) in [7, 11) is 1.54. The number of carbonyl (C=O) groups excluding carboxylic acids is 3. The molecule has 1 aromatic heterocycles. The van der Waals surface area contributed by atoms with Crippen LogP contribution in [0.25, 0.3) is 0 Å². The first-order valence-electron chi connectivity index (χ1n) is 14.3. The molecule has 0 saturated carbocycles. The number of hydrogen-bond donors (Lipinski definition) is 2. The van der Waals surface area contributed by atoms with Crippen molar-refractivity contribution in [1.29, 1.82) is 0 Å². The van der Waals surface area contributed by atoms with Gasteiger partial charge < -0.3 is 24.6 Å². The molecule has 4 heterocycles. The second-order valence-electron chi connectivity index (χ2n) is 11.5. The van der Waals surface area contributed by atoms with Gasteiger partial charge in [0, 0.05) is 43.0 Å². The van der Waals surface area contributed by atoms with Gasteiger partial charge in [0.05, 0.1) is 26.1 Å². The van der Waals surface area contributed by atoms with E-state index in [9.17, 15) is 37.5 Å². The first kappa shape index (κ1) is 30.2. The third-order valence-corrected chi connectivity index (χ3v) is 8.79. The summed E-state index contributed by atoms with van der Waals surface area (Å²) < 4.78 is 48.1. The maximum absolute atomic E-state index is 14.2. The fourth-order valence-electron chi connectivity index (χ4n) is 6.29. The van der Waals surface area contributed by atoms with Gasteiger partial charge >= 0.3 is 0 Å². The van der Waals surface area contributed by atoms with E-state index in [4.69, 9.17) is 9.57 Å². The quantitative estimate of drug-likeness (QED) is 0.430. The van der Waals surface area contributed by atoms with E-state index in [-0.39, 0.29) is 37.2 Å². The monoisotopic (exact) mass is 626 g/mol. The first-order valence-corrected chi connectivity index (χ1v) is 14.3. The highest BCUT2D eigenvalue weighted by atomic mass is 19.1. The minimum absolute atomic E-state index is 0.0615. The van der Waals surface area contributed by atoms with Crippen molar-refractivity contribution < 1.29 is 42.2 Å². The molecule has 45 heavy (non-hydrogen) atoms. The van der Waals surface area contributed by atoms with Crippen molar-refractivity contribution in [2.24, 2.45) is 0 Å². The summed E-state index contributed by atoms with van der Waals surface area (Å²) in [5, 5.41) is 14.5. The Balaban J connectivity index is 1.35. The fourth-order valence-corrected chi connectivity index (χ4v) is 6.29. The van der Waals surface area contributed by atoms with E-state index in [1.807, 2.05) is 6.92 Å². The topological polar surface area (TPSA) is 130 Å². The van der Waals surface area contributed by atoms with Crippen LogP contribution >= 0.6 is 0 Å². The molecule has 2 aromatic carbocycles. The van der Waals surface area contributed by atoms with Crippen LogP contribution < -0.4 is 15.5 Å². The Kier molecular flexibility index (Phi) is 7.55. The summed E-state index contributed by atoms with van der Waals surface area (Å²) in [5.74, 6) is -5.98. The molecule has 2 bridgehead atoms. The SMILES string of the molecule is COc1ccc(CN2O[C@@]3(CC[C@H](C)N4C[C@H]3n3cc(C(=O)NCc5c(F)cc(F)cc5F)c(=O)c(O)c3C4=O)CC2=O)cc1. The molecule has 2 saturated heterocycles. The van der Waals surface area contributed by atoms with E-state index in [0.29, 0.717) is 30.7 Å². The van der Waals surface area contributed by atoms with Gasteiger partial charge in [0.15, 0.2) is 11.4 Å². The highest BCUT2D eigenvalue weighted by Crippen LogP contribution is 2.47. The predicted molar refractivity (Wildman–Crippen MR) is 151 cm³/mol. The number of nitrogens with one attached hydrogen (secondary N) is 1. The second-order valence-corrected chi connectivity index (χ2v) is 11.5. The number of rotatable bonds is 6. The molecule has 0 aliphatic carbocycles. The zero-order valence-electron chi connectivity index (χ0n) is 24.3. The van der Waals surface area contributed by atoms with Gasteiger partial charge in [0.25, 0.3) is 11.8 Å². The summed E-state index contributed by atoms with van der Waals surface area (Å²) in [5.41, 5.74) is -3.19. The molecule has 2 fully saturated rings. The van der Waals surface area contributed by atoms with Gasteiger partial charge in [0.2, 0.25) is 11.3 Å². The Morgan fingerprint density at radius 1 is 1.13 bits per heavy atom. The van der Waals surface area contributed by atoms with Crippen molar-refractivity contribution >= 4 is 17.7 Å². The molecule has 14 heteroatoms. The van der Waals surface area contributed by atoms with E-state index in [1.165, 1.54) is 14.5 Å². The number of pyridine rings is 1. The first-order chi connectivity index (χ1) is 21.4. The van der Waals surface area contributed by atoms with E-state index in [2.05, 4.69) is 5.32 Å². The number of halogens is 3. The van der Waals surface area contributed by atoms with E-state index < -0.39 is 69.8 Å². The average molecular weight is 627 g/mol. The molecule has 3 aromatic rings. The largest absolute Gasteiger partial charge is 0.503 e. The van der Waals surface area contributed by atoms with Gasteiger partial charge in [-0.15, -0.1) is 0 Å². The van der Waals surface area contributed by atoms with Crippen LogP contribution in [0.1, 0.15) is 64.2 Å². The van der Waals surface area contributed by atoms with Crippen LogP contribution in [-0.4, -0.2) is 62.7 Å². The van der Waals surface area contributed by atoms with Crippen LogP contribution in [0.15, 0.2) is 47.4 Å². The summed E-state index contributed by atoms with van der Waals surface area (Å²) >= 11 is 0. The maximum atomic E-state index is 14.2. The maximum Gasteiger partial charge on any atom is 0.274 e.